The topological polar surface area (TPSA) is 50.8 Å². The Morgan fingerprint density at radius 2 is 2.04 bits per heavy atom. The lowest BCUT2D eigenvalue weighted by atomic mass is 10.1. The predicted octanol–water partition coefficient (Wildman–Crippen LogP) is 2.38. The summed E-state index contributed by atoms with van der Waals surface area (Å²) in [5.41, 5.74) is 0.914. The molecule has 1 rings (SSSR count). The van der Waals surface area contributed by atoms with E-state index in [0.717, 1.165) is 5.56 Å². The maximum absolute atomic E-state index is 12.7. The Hall–Kier alpha value is -2.27. The molecule has 0 aromatic heterocycles. The third-order valence-electron chi connectivity index (χ3n) is 3.57. The van der Waals surface area contributed by atoms with E-state index >= 15 is 0 Å². The van der Waals surface area contributed by atoms with Crippen LogP contribution in [0, 0.1) is 0 Å². The first-order valence-electron chi connectivity index (χ1n) is 7.50. The number of nitrogens with one attached hydrogen (secondary N) is 1. The lowest BCUT2D eigenvalue weighted by Crippen LogP contribution is -2.44. The molecule has 0 heterocycles. The summed E-state index contributed by atoms with van der Waals surface area (Å²) >= 11 is 0. The van der Waals surface area contributed by atoms with E-state index in [2.05, 4.69) is 18.5 Å². The van der Waals surface area contributed by atoms with Crippen molar-refractivity contribution in [3.63, 3.8) is 0 Å². The zero-order valence-corrected chi connectivity index (χ0v) is 14.2. The van der Waals surface area contributed by atoms with Crippen molar-refractivity contribution in [1.82, 2.24) is 10.2 Å². The predicted molar refractivity (Wildman–Crippen MR) is 92.8 cm³/mol. The van der Waals surface area contributed by atoms with Crippen LogP contribution in [0.4, 0.5) is 0 Å². The van der Waals surface area contributed by atoms with Crippen LogP contribution in [-0.4, -0.2) is 44.7 Å². The standard InChI is InChI=1S/C18H26N2O3/c1-6-8-16(19-3)18(21)20(11-7-2)13-14-9-10-15(22-4)12-17(14)23-5/h6-7,9-10,12,16,19H,1-2,8,11,13H2,3-5H3. The van der Waals surface area contributed by atoms with E-state index in [-0.39, 0.29) is 11.9 Å². The highest BCUT2D eigenvalue weighted by Crippen LogP contribution is 2.26. The zero-order chi connectivity index (χ0) is 17.2. The van der Waals surface area contributed by atoms with Gasteiger partial charge in [-0.3, -0.25) is 4.79 Å². The second-order valence-corrected chi connectivity index (χ2v) is 5.05. The van der Waals surface area contributed by atoms with Crippen LogP contribution in [0.5, 0.6) is 11.5 Å². The maximum atomic E-state index is 12.7. The molecule has 1 N–H and O–H groups in total. The number of ether oxygens (including phenoxy) is 2. The minimum Gasteiger partial charge on any atom is -0.497 e. The fourth-order valence-corrected chi connectivity index (χ4v) is 2.31. The van der Waals surface area contributed by atoms with E-state index in [1.165, 1.54) is 0 Å². The average Bonchev–Trinajstić information content (AvgIpc) is 2.58. The molecule has 0 aliphatic carbocycles. The summed E-state index contributed by atoms with van der Waals surface area (Å²) in [5, 5.41) is 3.03. The van der Waals surface area contributed by atoms with Crippen LogP contribution in [0.15, 0.2) is 43.5 Å². The molecule has 0 spiro atoms. The van der Waals surface area contributed by atoms with Gasteiger partial charge < -0.3 is 19.7 Å². The average molecular weight is 318 g/mol. The summed E-state index contributed by atoms with van der Waals surface area (Å²) in [7, 11) is 4.98. The molecule has 0 aliphatic heterocycles. The molecule has 0 bridgehead atoms. The van der Waals surface area contributed by atoms with E-state index in [1.54, 1.807) is 38.3 Å². The number of amides is 1. The lowest BCUT2D eigenvalue weighted by Gasteiger charge is -2.26. The van der Waals surface area contributed by atoms with Crippen LogP contribution < -0.4 is 14.8 Å². The van der Waals surface area contributed by atoms with Gasteiger partial charge in [-0.05, 0) is 25.6 Å². The fraction of sp³-hybridized carbons (Fsp3) is 0.389. The van der Waals surface area contributed by atoms with E-state index in [1.807, 2.05) is 18.2 Å². The van der Waals surface area contributed by atoms with Crippen molar-refractivity contribution in [3.8, 4) is 11.5 Å². The number of benzene rings is 1. The van der Waals surface area contributed by atoms with Crippen molar-refractivity contribution >= 4 is 5.91 Å². The van der Waals surface area contributed by atoms with Crippen LogP contribution in [0.2, 0.25) is 0 Å². The van der Waals surface area contributed by atoms with Crippen molar-refractivity contribution in [2.24, 2.45) is 0 Å². The highest BCUT2D eigenvalue weighted by atomic mass is 16.5. The fourth-order valence-electron chi connectivity index (χ4n) is 2.31. The maximum Gasteiger partial charge on any atom is 0.240 e. The smallest absolute Gasteiger partial charge is 0.240 e. The minimum absolute atomic E-state index is 0.00479. The zero-order valence-electron chi connectivity index (χ0n) is 14.2. The van der Waals surface area contributed by atoms with Crippen molar-refractivity contribution in [1.29, 1.82) is 0 Å². The molecule has 0 aliphatic rings. The van der Waals surface area contributed by atoms with E-state index < -0.39 is 0 Å². The van der Waals surface area contributed by atoms with Gasteiger partial charge in [-0.25, -0.2) is 0 Å². The Morgan fingerprint density at radius 3 is 2.57 bits per heavy atom. The van der Waals surface area contributed by atoms with Crippen LogP contribution >= 0.6 is 0 Å². The Bertz CT molecular complexity index is 543. The third-order valence-corrected chi connectivity index (χ3v) is 3.57. The summed E-state index contributed by atoms with van der Waals surface area (Å²) in [4.78, 5) is 14.4. The van der Waals surface area contributed by atoms with E-state index in [9.17, 15) is 4.79 Å². The summed E-state index contributed by atoms with van der Waals surface area (Å²) in [6.45, 7) is 8.34. The first-order valence-corrected chi connectivity index (χ1v) is 7.50. The molecule has 1 amide bonds. The molecule has 1 aromatic carbocycles. The molecule has 1 aromatic rings. The van der Waals surface area contributed by atoms with Gasteiger partial charge in [0.15, 0.2) is 0 Å². The summed E-state index contributed by atoms with van der Waals surface area (Å²) < 4.78 is 10.6. The Kier molecular flexibility index (Phi) is 7.91. The van der Waals surface area contributed by atoms with Gasteiger partial charge in [0.05, 0.1) is 20.3 Å². The van der Waals surface area contributed by atoms with Crippen LogP contribution in [0.3, 0.4) is 0 Å². The molecule has 0 saturated heterocycles. The number of carbonyl (C=O) groups is 1. The van der Waals surface area contributed by atoms with E-state index in [4.69, 9.17) is 9.47 Å². The number of nitrogens with zero attached hydrogens (tertiary/aromatic N) is 1. The Morgan fingerprint density at radius 1 is 1.30 bits per heavy atom. The van der Waals surface area contributed by atoms with Crippen molar-refractivity contribution in [2.45, 2.75) is 19.0 Å². The normalized spacial score (nSPS) is 11.4. The molecule has 1 unspecified atom stereocenters. The van der Waals surface area contributed by atoms with Gasteiger partial charge in [-0.1, -0.05) is 12.2 Å². The molecule has 126 valence electrons. The monoisotopic (exact) mass is 318 g/mol. The van der Waals surface area contributed by atoms with Crippen molar-refractivity contribution in [2.75, 3.05) is 27.8 Å². The molecular formula is C18H26N2O3. The van der Waals surface area contributed by atoms with Crippen molar-refractivity contribution < 1.29 is 14.3 Å². The number of methoxy groups -OCH3 is 2. The number of hydrogen-bond donors (Lipinski definition) is 1. The Labute approximate surface area is 138 Å². The van der Waals surface area contributed by atoms with Gasteiger partial charge in [0, 0.05) is 24.7 Å². The van der Waals surface area contributed by atoms with Crippen LogP contribution in [0.1, 0.15) is 12.0 Å². The largest absolute Gasteiger partial charge is 0.497 e. The number of likely N-dealkylation sites (N-methyl/N-ethyl adjacent to an activating group) is 1. The summed E-state index contributed by atoms with van der Waals surface area (Å²) in [5.74, 6) is 1.41. The minimum atomic E-state index is -0.295. The van der Waals surface area contributed by atoms with Crippen molar-refractivity contribution in [3.05, 3.63) is 49.1 Å². The number of hydrogen-bond acceptors (Lipinski definition) is 4. The second-order valence-electron chi connectivity index (χ2n) is 5.05. The van der Waals surface area contributed by atoms with Crippen LogP contribution in [0.25, 0.3) is 0 Å². The molecule has 0 saturated carbocycles. The first kappa shape index (κ1) is 18.8. The van der Waals surface area contributed by atoms with Gasteiger partial charge in [-0.15, -0.1) is 13.2 Å². The quantitative estimate of drug-likeness (QED) is 0.673. The van der Waals surface area contributed by atoms with Gasteiger partial charge in [0.25, 0.3) is 0 Å². The van der Waals surface area contributed by atoms with Gasteiger partial charge in [0.1, 0.15) is 11.5 Å². The van der Waals surface area contributed by atoms with Gasteiger partial charge in [-0.2, -0.15) is 0 Å². The SMILES string of the molecule is C=CCC(NC)C(=O)N(CC=C)Cc1ccc(OC)cc1OC. The van der Waals surface area contributed by atoms with Crippen LogP contribution in [-0.2, 0) is 11.3 Å². The molecule has 23 heavy (non-hydrogen) atoms. The Balaban J connectivity index is 3.01. The summed E-state index contributed by atoms with van der Waals surface area (Å²) in [6, 6.07) is 5.28. The molecular weight excluding hydrogens is 292 g/mol. The second kappa shape index (κ2) is 9.69. The lowest BCUT2D eigenvalue weighted by molar-refractivity contribution is -0.133. The highest BCUT2D eigenvalue weighted by molar-refractivity contribution is 5.82. The molecule has 5 heteroatoms. The first-order chi connectivity index (χ1) is 11.1. The molecule has 0 fully saturated rings. The van der Waals surface area contributed by atoms with E-state index in [0.29, 0.717) is 31.0 Å². The number of rotatable bonds is 10. The molecule has 5 nitrogen and oxygen atoms in total. The molecule has 0 radical (unpaired) electrons. The third kappa shape index (κ3) is 5.14. The number of carbonyl (C=O) groups excluding carboxylic acids is 1. The summed E-state index contributed by atoms with van der Waals surface area (Å²) in [6.07, 6.45) is 4.02. The van der Waals surface area contributed by atoms with Gasteiger partial charge in [0.2, 0.25) is 5.91 Å². The highest BCUT2D eigenvalue weighted by Gasteiger charge is 2.22. The van der Waals surface area contributed by atoms with Gasteiger partial charge >= 0.3 is 0 Å². The molecule has 1 atom stereocenters.